The molecular formula is C24H41NO2. The van der Waals surface area contributed by atoms with Crippen molar-refractivity contribution in [2.24, 2.45) is 34.5 Å². The number of hydrogen-bond acceptors (Lipinski definition) is 2. The molecule has 0 N–H and O–H groups in total. The van der Waals surface area contributed by atoms with Crippen LogP contribution in [0.15, 0.2) is 0 Å². The first-order valence-corrected chi connectivity index (χ1v) is 11.4. The van der Waals surface area contributed by atoms with Gasteiger partial charge in [0.2, 0.25) is 5.91 Å². The largest absolute Gasteiger partial charge is 0.373 e. The number of hydrogen-bond donors (Lipinski definition) is 0. The van der Waals surface area contributed by atoms with Gasteiger partial charge in [-0.3, -0.25) is 4.79 Å². The Hall–Kier alpha value is -0.570. The van der Waals surface area contributed by atoms with E-state index in [1.807, 2.05) is 0 Å². The molecule has 0 aromatic carbocycles. The minimum Gasteiger partial charge on any atom is -0.373 e. The lowest BCUT2D eigenvalue weighted by Crippen LogP contribution is -2.62. The molecule has 3 aliphatic carbocycles. The summed E-state index contributed by atoms with van der Waals surface area (Å²) in [4.78, 5) is 14.5. The van der Waals surface area contributed by atoms with Crippen LogP contribution in [0.2, 0.25) is 0 Å². The Morgan fingerprint density at radius 3 is 2.48 bits per heavy atom. The predicted octanol–water partition coefficient (Wildman–Crippen LogP) is 5.28. The molecule has 1 saturated heterocycles. The van der Waals surface area contributed by atoms with Crippen molar-refractivity contribution in [1.29, 1.82) is 0 Å². The summed E-state index contributed by atoms with van der Waals surface area (Å²) in [6.45, 7) is 14.1. The van der Waals surface area contributed by atoms with Crippen molar-refractivity contribution in [2.75, 3.05) is 7.05 Å². The quantitative estimate of drug-likeness (QED) is 0.624. The van der Waals surface area contributed by atoms with E-state index in [9.17, 15) is 4.79 Å². The normalized spacial score (nSPS) is 50.2. The van der Waals surface area contributed by atoms with Gasteiger partial charge in [0.05, 0.1) is 11.7 Å². The lowest BCUT2D eigenvalue weighted by Gasteiger charge is -2.63. The van der Waals surface area contributed by atoms with Crippen LogP contribution in [0.25, 0.3) is 0 Å². The second kappa shape index (κ2) is 6.21. The molecule has 0 radical (unpaired) electrons. The SMILES string of the molecule is C[C@H]1C[C@H]2N(C)C(=O)CC[C@]2(C)[C@H]2CC[C@]3(C)C[C@@H](OC(C)(C)C)C[C@H]3[C@H]12. The van der Waals surface area contributed by atoms with E-state index in [0.29, 0.717) is 34.8 Å². The molecule has 1 amide bonds. The number of carbonyl (C=O) groups is 1. The zero-order valence-electron chi connectivity index (χ0n) is 18.7. The van der Waals surface area contributed by atoms with Gasteiger partial charge in [0.25, 0.3) is 0 Å². The Morgan fingerprint density at radius 2 is 1.81 bits per heavy atom. The van der Waals surface area contributed by atoms with Gasteiger partial charge in [0.1, 0.15) is 0 Å². The highest BCUT2D eigenvalue weighted by Crippen LogP contribution is 2.66. The van der Waals surface area contributed by atoms with Crippen molar-refractivity contribution >= 4 is 5.91 Å². The second-order valence-corrected chi connectivity index (χ2v) is 12.0. The zero-order chi connectivity index (χ0) is 19.8. The van der Waals surface area contributed by atoms with E-state index in [4.69, 9.17) is 4.74 Å². The minimum atomic E-state index is -0.0460. The molecule has 1 heterocycles. The lowest BCUT2D eigenvalue weighted by molar-refractivity contribution is -0.164. The smallest absolute Gasteiger partial charge is 0.222 e. The van der Waals surface area contributed by atoms with Gasteiger partial charge in [0.15, 0.2) is 0 Å². The first-order chi connectivity index (χ1) is 12.4. The van der Waals surface area contributed by atoms with Crippen LogP contribution in [0, 0.1) is 34.5 Å². The number of likely N-dealkylation sites (tertiary alicyclic amines) is 1. The fourth-order valence-corrected chi connectivity index (χ4v) is 8.05. The molecule has 3 saturated carbocycles. The predicted molar refractivity (Wildman–Crippen MR) is 109 cm³/mol. The molecule has 3 heteroatoms. The monoisotopic (exact) mass is 375 g/mol. The summed E-state index contributed by atoms with van der Waals surface area (Å²) in [5.74, 6) is 3.44. The fourth-order valence-electron chi connectivity index (χ4n) is 8.05. The van der Waals surface area contributed by atoms with Gasteiger partial charge >= 0.3 is 0 Å². The van der Waals surface area contributed by atoms with Crippen molar-refractivity contribution < 1.29 is 9.53 Å². The van der Waals surface area contributed by atoms with E-state index >= 15 is 0 Å². The molecule has 27 heavy (non-hydrogen) atoms. The van der Waals surface area contributed by atoms with Gasteiger partial charge in [-0.1, -0.05) is 20.8 Å². The van der Waals surface area contributed by atoms with E-state index in [1.165, 1.54) is 32.1 Å². The second-order valence-electron chi connectivity index (χ2n) is 12.0. The highest BCUT2D eigenvalue weighted by molar-refractivity contribution is 5.77. The van der Waals surface area contributed by atoms with Crippen LogP contribution in [0.4, 0.5) is 0 Å². The summed E-state index contributed by atoms with van der Waals surface area (Å²) in [6, 6.07) is 0.447. The Morgan fingerprint density at radius 1 is 1.11 bits per heavy atom. The van der Waals surface area contributed by atoms with Crippen molar-refractivity contribution in [3.63, 3.8) is 0 Å². The Bertz CT molecular complexity index is 610. The summed E-state index contributed by atoms with van der Waals surface area (Å²) in [6.07, 6.45) is 8.63. The average molecular weight is 376 g/mol. The third kappa shape index (κ3) is 3.07. The third-order valence-electron chi connectivity index (χ3n) is 9.18. The van der Waals surface area contributed by atoms with Crippen LogP contribution in [0.3, 0.4) is 0 Å². The maximum atomic E-state index is 12.4. The summed E-state index contributed by atoms with van der Waals surface area (Å²) >= 11 is 0. The van der Waals surface area contributed by atoms with Crippen LogP contribution in [0.1, 0.15) is 86.5 Å². The number of piperidine rings is 1. The maximum Gasteiger partial charge on any atom is 0.222 e. The molecule has 154 valence electrons. The highest BCUT2D eigenvalue weighted by atomic mass is 16.5. The van der Waals surface area contributed by atoms with Crippen molar-refractivity contribution in [3.05, 3.63) is 0 Å². The van der Waals surface area contributed by atoms with Gasteiger partial charge in [-0.25, -0.2) is 0 Å². The molecule has 4 fully saturated rings. The number of ether oxygens (including phenoxy) is 1. The molecule has 0 aromatic rings. The summed E-state index contributed by atoms with van der Waals surface area (Å²) in [7, 11) is 2.06. The molecule has 0 spiro atoms. The number of nitrogens with zero attached hydrogens (tertiary/aromatic N) is 1. The van der Waals surface area contributed by atoms with Crippen LogP contribution >= 0.6 is 0 Å². The first kappa shape index (κ1) is 19.7. The molecule has 4 aliphatic rings. The maximum absolute atomic E-state index is 12.4. The Labute approximate surface area is 166 Å². The van der Waals surface area contributed by atoms with Crippen molar-refractivity contribution in [3.8, 4) is 0 Å². The van der Waals surface area contributed by atoms with Crippen LogP contribution in [-0.4, -0.2) is 35.6 Å². The van der Waals surface area contributed by atoms with Gasteiger partial charge in [-0.2, -0.15) is 0 Å². The summed E-state index contributed by atoms with van der Waals surface area (Å²) in [5.41, 5.74) is 0.713. The zero-order valence-corrected chi connectivity index (χ0v) is 18.7. The van der Waals surface area contributed by atoms with Gasteiger partial charge in [0, 0.05) is 19.5 Å². The number of amides is 1. The molecule has 0 bridgehead atoms. The number of rotatable bonds is 1. The lowest BCUT2D eigenvalue weighted by atomic mass is 9.45. The van der Waals surface area contributed by atoms with Gasteiger partial charge in [-0.05, 0) is 93.8 Å². The van der Waals surface area contributed by atoms with E-state index < -0.39 is 0 Å². The molecule has 1 aliphatic heterocycles. The van der Waals surface area contributed by atoms with Crippen LogP contribution < -0.4 is 0 Å². The van der Waals surface area contributed by atoms with Gasteiger partial charge < -0.3 is 9.64 Å². The molecule has 4 rings (SSSR count). The summed E-state index contributed by atoms with van der Waals surface area (Å²) in [5, 5.41) is 0. The fraction of sp³-hybridized carbons (Fsp3) is 0.958. The third-order valence-corrected chi connectivity index (χ3v) is 9.18. The minimum absolute atomic E-state index is 0.0460. The van der Waals surface area contributed by atoms with E-state index in [-0.39, 0.29) is 5.60 Å². The van der Waals surface area contributed by atoms with E-state index in [1.54, 1.807) is 0 Å². The standard InChI is InChI=1S/C24H41NO2/c1-15-12-19-24(6,11-9-20(26)25(19)7)17-8-10-23(5)14-16(27-22(2,3)4)13-18(23)21(15)17/h15-19,21H,8-14H2,1-7H3/t15-,16-,17-,18-,19+,21+,23+,24+/m0/s1. The topological polar surface area (TPSA) is 29.5 Å². The summed E-state index contributed by atoms with van der Waals surface area (Å²) < 4.78 is 6.48. The van der Waals surface area contributed by atoms with Gasteiger partial charge in [-0.15, -0.1) is 0 Å². The van der Waals surface area contributed by atoms with E-state index in [2.05, 4.69) is 53.5 Å². The Balaban J connectivity index is 1.62. The molecular weight excluding hydrogens is 334 g/mol. The number of fused-ring (bicyclic) bond motifs is 5. The van der Waals surface area contributed by atoms with E-state index in [0.717, 1.165) is 30.6 Å². The molecule has 0 unspecified atom stereocenters. The van der Waals surface area contributed by atoms with Crippen molar-refractivity contribution in [2.45, 2.75) is 104 Å². The van der Waals surface area contributed by atoms with Crippen LogP contribution in [0.5, 0.6) is 0 Å². The van der Waals surface area contributed by atoms with Crippen LogP contribution in [-0.2, 0) is 9.53 Å². The first-order valence-electron chi connectivity index (χ1n) is 11.4. The molecule has 0 aromatic heterocycles. The molecule has 8 atom stereocenters. The molecule has 3 nitrogen and oxygen atoms in total. The van der Waals surface area contributed by atoms with Crippen molar-refractivity contribution in [1.82, 2.24) is 4.90 Å². The Kier molecular flexibility index (Phi) is 4.54. The number of carbonyl (C=O) groups excluding carboxylic acids is 1. The highest BCUT2D eigenvalue weighted by Gasteiger charge is 2.62. The average Bonchev–Trinajstić information content (AvgIpc) is 2.87.